The molecular formula is C22H27F3N6O. The number of hydrogen-bond donors (Lipinski definition) is 1. The number of hydrogen-bond acceptors (Lipinski definition) is 6. The zero-order valence-electron chi connectivity index (χ0n) is 18.4. The molecule has 0 aromatic carbocycles. The van der Waals surface area contributed by atoms with Gasteiger partial charge in [0.2, 0.25) is 5.91 Å². The van der Waals surface area contributed by atoms with Crippen molar-refractivity contribution in [2.24, 2.45) is 11.8 Å². The van der Waals surface area contributed by atoms with Crippen molar-refractivity contribution in [2.75, 3.05) is 17.3 Å². The monoisotopic (exact) mass is 448 g/mol. The van der Waals surface area contributed by atoms with Gasteiger partial charge < -0.3 is 10.2 Å². The summed E-state index contributed by atoms with van der Waals surface area (Å²) in [7, 11) is 1.89. The van der Waals surface area contributed by atoms with Gasteiger partial charge >= 0.3 is 6.18 Å². The van der Waals surface area contributed by atoms with Gasteiger partial charge in [0, 0.05) is 19.7 Å². The fourth-order valence-corrected chi connectivity index (χ4v) is 4.61. The molecule has 0 radical (unpaired) electrons. The molecule has 10 heteroatoms. The van der Waals surface area contributed by atoms with Crippen LogP contribution in [-0.2, 0) is 23.8 Å². The van der Waals surface area contributed by atoms with E-state index in [0.29, 0.717) is 36.1 Å². The molecular weight excluding hydrogens is 421 g/mol. The van der Waals surface area contributed by atoms with Crippen LogP contribution >= 0.6 is 0 Å². The van der Waals surface area contributed by atoms with Crippen LogP contribution in [0.3, 0.4) is 0 Å². The third kappa shape index (κ3) is 4.54. The van der Waals surface area contributed by atoms with Crippen molar-refractivity contribution in [3.8, 4) is 0 Å². The number of aromatic nitrogens is 4. The van der Waals surface area contributed by atoms with Crippen molar-refractivity contribution >= 4 is 17.4 Å². The smallest absolute Gasteiger partial charge is 0.346 e. The van der Waals surface area contributed by atoms with Gasteiger partial charge in [-0.15, -0.1) is 0 Å². The van der Waals surface area contributed by atoms with E-state index < -0.39 is 11.9 Å². The van der Waals surface area contributed by atoms with Gasteiger partial charge in [-0.2, -0.15) is 13.2 Å². The predicted molar refractivity (Wildman–Crippen MR) is 113 cm³/mol. The molecule has 0 bridgehead atoms. The van der Waals surface area contributed by atoms with Crippen LogP contribution in [0.25, 0.3) is 0 Å². The number of carbonyl (C=O) groups excluding carboxylic acids is 1. The van der Waals surface area contributed by atoms with Crippen molar-refractivity contribution in [3.05, 3.63) is 35.3 Å². The zero-order chi connectivity index (χ0) is 23.0. The fraction of sp³-hybridized carbons (Fsp3) is 0.591. The van der Waals surface area contributed by atoms with Crippen LogP contribution in [0.15, 0.2) is 12.4 Å². The molecule has 0 saturated heterocycles. The van der Waals surface area contributed by atoms with E-state index >= 15 is 0 Å². The maximum absolute atomic E-state index is 12.6. The van der Waals surface area contributed by atoms with E-state index in [1.807, 2.05) is 25.8 Å². The van der Waals surface area contributed by atoms with Crippen molar-refractivity contribution in [1.82, 2.24) is 19.9 Å². The van der Waals surface area contributed by atoms with E-state index in [2.05, 4.69) is 20.3 Å². The average molecular weight is 448 g/mol. The van der Waals surface area contributed by atoms with Gasteiger partial charge in [0.1, 0.15) is 17.6 Å². The number of rotatable bonds is 6. The van der Waals surface area contributed by atoms with Crippen LogP contribution in [0.4, 0.5) is 24.7 Å². The third-order valence-electron chi connectivity index (χ3n) is 6.47. The Morgan fingerprint density at radius 3 is 2.53 bits per heavy atom. The van der Waals surface area contributed by atoms with Crippen LogP contribution in [-0.4, -0.2) is 38.9 Å². The summed E-state index contributed by atoms with van der Waals surface area (Å²) in [4.78, 5) is 30.9. The number of halogens is 3. The van der Waals surface area contributed by atoms with Crippen LogP contribution in [0.5, 0.6) is 0 Å². The van der Waals surface area contributed by atoms with Gasteiger partial charge in [-0.05, 0) is 50.9 Å². The largest absolute Gasteiger partial charge is 0.434 e. The number of nitrogens with one attached hydrogen (secondary N) is 1. The molecule has 1 saturated carbocycles. The maximum atomic E-state index is 12.6. The van der Waals surface area contributed by atoms with E-state index in [1.54, 1.807) is 0 Å². The summed E-state index contributed by atoms with van der Waals surface area (Å²) in [5, 5.41) is 2.94. The topological polar surface area (TPSA) is 83.9 Å². The first-order chi connectivity index (χ1) is 15.2. The molecule has 0 unspecified atom stereocenters. The lowest BCUT2D eigenvalue weighted by atomic mass is 9.71. The molecule has 2 aromatic heterocycles. The SMILES string of the molecule is CC[C@H]1C(=O)Nc2c(C)nc(CC3CC(CCc4cnc(C(F)(F)F)cn4)C3)nc2N1C. The van der Waals surface area contributed by atoms with E-state index in [0.717, 1.165) is 49.2 Å². The number of anilines is 2. The highest BCUT2D eigenvalue weighted by Gasteiger charge is 2.35. The average Bonchev–Trinajstić information content (AvgIpc) is 2.70. The number of fused-ring (bicyclic) bond motifs is 1. The third-order valence-corrected chi connectivity index (χ3v) is 6.47. The number of alkyl halides is 3. The minimum atomic E-state index is -4.46. The number of aryl methyl sites for hydroxylation is 2. The Balaban J connectivity index is 1.31. The molecule has 0 spiro atoms. The standard InChI is InChI=1S/C22H27F3N6O/c1-4-16-21(32)30-19-12(2)28-18(29-20(19)31(16)3)9-14-7-13(8-14)5-6-15-10-27-17(11-26-15)22(23,24)25/h10-11,13-14,16H,4-9H2,1-3H3,(H,30,32)/t13?,14?,16-/m0/s1. The summed E-state index contributed by atoms with van der Waals surface area (Å²) in [6.45, 7) is 3.87. The fourth-order valence-electron chi connectivity index (χ4n) is 4.61. The molecule has 7 nitrogen and oxygen atoms in total. The first kappa shape index (κ1) is 22.4. The van der Waals surface area contributed by atoms with Crippen LogP contribution < -0.4 is 10.2 Å². The Bertz CT molecular complexity index is 988. The highest BCUT2D eigenvalue weighted by atomic mass is 19.4. The van der Waals surface area contributed by atoms with E-state index in [-0.39, 0.29) is 11.9 Å². The number of amides is 1. The van der Waals surface area contributed by atoms with Gasteiger partial charge in [-0.1, -0.05) is 6.92 Å². The Labute approximate surface area is 184 Å². The minimum Gasteiger partial charge on any atom is -0.346 e. The normalized spacial score (nSPS) is 22.9. The lowest BCUT2D eigenvalue weighted by molar-refractivity contribution is -0.141. The molecule has 1 N–H and O–H groups in total. The van der Waals surface area contributed by atoms with Gasteiger partial charge in [0.25, 0.3) is 0 Å². The first-order valence-electron chi connectivity index (χ1n) is 10.9. The highest BCUT2D eigenvalue weighted by Crippen LogP contribution is 2.39. The minimum absolute atomic E-state index is 0.0264. The summed E-state index contributed by atoms with van der Waals surface area (Å²) in [6.07, 6.45) is 2.64. The van der Waals surface area contributed by atoms with Crippen molar-refractivity contribution < 1.29 is 18.0 Å². The second-order valence-corrected chi connectivity index (χ2v) is 8.79. The summed E-state index contributed by atoms with van der Waals surface area (Å²) < 4.78 is 37.7. The van der Waals surface area contributed by atoms with E-state index in [1.165, 1.54) is 6.20 Å². The van der Waals surface area contributed by atoms with Crippen LogP contribution in [0, 0.1) is 18.8 Å². The summed E-state index contributed by atoms with van der Waals surface area (Å²) in [5.41, 5.74) is 1.10. The first-order valence-corrected chi connectivity index (χ1v) is 10.9. The Hall–Kier alpha value is -2.78. The molecule has 2 aliphatic rings. The maximum Gasteiger partial charge on any atom is 0.434 e. The molecule has 32 heavy (non-hydrogen) atoms. The summed E-state index contributed by atoms with van der Waals surface area (Å²) in [5.74, 6) is 2.55. The molecule has 4 rings (SSSR count). The number of likely N-dealkylation sites (N-methyl/N-ethyl adjacent to an activating group) is 1. The molecule has 1 fully saturated rings. The van der Waals surface area contributed by atoms with Crippen LogP contribution in [0.1, 0.15) is 55.5 Å². The number of carbonyl (C=O) groups is 1. The Morgan fingerprint density at radius 1 is 1.16 bits per heavy atom. The molecule has 3 heterocycles. The summed E-state index contributed by atoms with van der Waals surface area (Å²) >= 11 is 0. The second kappa shape index (κ2) is 8.63. The lowest BCUT2D eigenvalue weighted by Crippen LogP contribution is -2.46. The predicted octanol–water partition coefficient (Wildman–Crippen LogP) is 3.96. The quantitative estimate of drug-likeness (QED) is 0.720. The van der Waals surface area contributed by atoms with Crippen molar-refractivity contribution in [3.63, 3.8) is 0 Å². The van der Waals surface area contributed by atoms with E-state index in [4.69, 9.17) is 4.98 Å². The Morgan fingerprint density at radius 2 is 1.91 bits per heavy atom. The van der Waals surface area contributed by atoms with E-state index in [9.17, 15) is 18.0 Å². The second-order valence-electron chi connectivity index (χ2n) is 8.79. The highest BCUT2D eigenvalue weighted by molar-refractivity contribution is 6.03. The zero-order valence-corrected chi connectivity index (χ0v) is 18.4. The van der Waals surface area contributed by atoms with Gasteiger partial charge in [0.05, 0.1) is 17.6 Å². The Kier molecular flexibility index (Phi) is 6.05. The van der Waals surface area contributed by atoms with Gasteiger partial charge in [-0.3, -0.25) is 9.78 Å². The van der Waals surface area contributed by atoms with Gasteiger partial charge in [-0.25, -0.2) is 15.0 Å². The van der Waals surface area contributed by atoms with Crippen molar-refractivity contribution in [1.29, 1.82) is 0 Å². The molecule has 1 aliphatic carbocycles. The molecule has 1 atom stereocenters. The molecule has 1 aliphatic heterocycles. The number of nitrogens with zero attached hydrogens (tertiary/aromatic N) is 5. The van der Waals surface area contributed by atoms with Crippen molar-refractivity contribution in [2.45, 2.75) is 64.6 Å². The lowest BCUT2D eigenvalue weighted by Gasteiger charge is -2.36. The van der Waals surface area contributed by atoms with Gasteiger partial charge in [0.15, 0.2) is 11.5 Å². The molecule has 2 aromatic rings. The molecule has 172 valence electrons. The van der Waals surface area contributed by atoms with Crippen LogP contribution in [0.2, 0.25) is 0 Å². The summed E-state index contributed by atoms with van der Waals surface area (Å²) in [6, 6.07) is -0.231. The molecule has 1 amide bonds.